The summed E-state index contributed by atoms with van der Waals surface area (Å²) in [7, 11) is -3.42. The predicted molar refractivity (Wildman–Crippen MR) is 285 cm³/mol. The van der Waals surface area contributed by atoms with Crippen molar-refractivity contribution in [2.45, 2.75) is 294 Å². The minimum atomic E-state index is -1.16. The lowest BCUT2D eigenvalue weighted by atomic mass is 10.00. The molecule has 2 aliphatic heterocycles. The summed E-state index contributed by atoms with van der Waals surface area (Å²) in [4.78, 5) is 0. The van der Waals surface area contributed by atoms with E-state index in [0.717, 1.165) is 95.7 Å². The van der Waals surface area contributed by atoms with Crippen LogP contribution in [0.25, 0.3) is 0 Å². The van der Waals surface area contributed by atoms with Gasteiger partial charge in [0.05, 0.1) is 42.7 Å². The maximum absolute atomic E-state index is 9.59. The topological polar surface area (TPSA) is 94.1 Å². The maximum Gasteiger partial charge on any atom is 0.147 e. The molecule has 0 saturated carbocycles. The summed E-state index contributed by atoms with van der Waals surface area (Å²) in [6.45, 7) is 28.8. The molecule has 0 unspecified atom stereocenters. The Hall–Kier alpha value is -0.149. The van der Waals surface area contributed by atoms with Gasteiger partial charge in [0.2, 0.25) is 0 Å². The first-order valence-electron chi connectivity index (χ1n) is 27.5. The summed E-state index contributed by atoms with van der Waals surface area (Å²) in [5, 5.41) is 9.59. The first kappa shape index (κ1) is 62.0. The molecule has 8 atom stereocenters. The number of aliphatic hydroxyl groups excluding tert-OH is 1. The Kier molecular flexibility index (Phi) is 34.5. The second-order valence-corrected chi connectivity index (χ2v) is 40.5. The SMILES string of the molecule is CCCCCCCCCC[C@@H](OCOCC[Si](C)(C)C)[C@H]1CC[C@H]([C@H]2CC[C@H]([C@@H](CCCCCCCCCC[C@H](CC#C[C@@H](C)O)OCOCC[Si](C)(C)C)OCOCC[Si](C)(C)C)O2)O1. The number of aliphatic hydroxyl groups is 1. The van der Waals surface area contributed by atoms with E-state index < -0.39 is 30.3 Å². The molecule has 0 spiro atoms. The Morgan fingerprint density at radius 3 is 1.24 bits per heavy atom. The van der Waals surface area contributed by atoms with Crippen LogP contribution in [0.1, 0.15) is 168 Å². The third-order valence-corrected chi connectivity index (χ3v) is 18.4. The molecule has 12 heteroatoms. The van der Waals surface area contributed by atoms with Gasteiger partial charge in [-0.25, -0.2) is 0 Å². The van der Waals surface area contributed by atoms with Gasteiger partial charge in [-0.1, -0.05) is 180 Å². The lowest BCUT2D eigenvalue weighted by Crippen LogP contribution is -2.35. The van der Waals surface area contributed by atoms with E-state index >= 15 is 0 Å². The molecule has 390 valence electrons. The van der Waals surface area contributed by atoms with Crippen LogP contribution >= 0.6 is 0 Å². The highest BCUT2D eigenvalue weighted by Gasteiger charge is 2.42. The second kappa shape index (κ2) is 36.7. The summed E-state index contributed by atoms with van der Waals surface area (Å²) < 4.78 is 50.7. The fourth-order valence-electron chi connectivity index (χ4n) is 8.78. The van der Waals surface area contributed by atoms with Crippen LogP contribution in [0.15, 0.2) is 0 Å². The molecule has 2 saturated heterocycles. The molecule has 0 aliphatic carbocycles. The van der Waals surface area contributed by atoms with Crippen LogP contribution in [-0.2, 0) is 37.9 Å². The Morgan fingerprint density at radius 1 is 0.500 bits per heavy atom. The van der Waals surface area contributed by atoms with Crippen molar-refractivity contribution in [2.24, 2.45) is 0 Å². The molecule has 0 bridgehead atoms. The summed E-state index contributed by atoms with van der Waals surface area (Å²) >= 11 is 0. The van der Waals surface area contributed by atoms with Crippen LogP contribution in [0, 0.1) is 11.8 Å². The average molecular weight is 986 g/mol. The first-order chi connectivity index (χ1) is 31.5. The van der Waals surface area contributed by atoms with Crippen molar-refractivity contribution in [1.29, 1.82) is 0 Å². The van der Waals surface area contributed by atoms with E-state index in [2.05, 4.69) is 77.7 Å². The van der Waals surface area contributed by atoms with E-state index in [1.165, 1.54) is 89.9 Å². The molecular weight excluding hydrogens is 877 g/mol. The van der Waals surface area contributed by atoms with E-state index in [0.29, 0.717) is 26.8 Å². The molecule has 2 fully saturated rings. The van der Waals surface area contributed by atoms with E-state index in [1.807, 2.05) is 0 Å². The summed E-state index contributed by atoms with van der Waals surface area (Å²) in [6.07, 6.45) is 28.1. The number of rotatable bonds is 42. The van der Waals surface area contributed by atoms with Crippen LogP contribution < -0.4 is 0 Å². The standard InChI is InChI=1S/C54H108O9Si3/c1-12-13-14-15-16-20-23-26-32-49(60-45-57-39-42-65(6,7)8)51-34-36-53(62-51)54-37-35-52(63-54)50(61-46-58-40-43-66(9,10)11)33-27-24-21-18-17-19-22-25-30-48(31-28-29-47(2)55)59-44-56-38-41-64(3,4)5/h47-55H,12-27,30-46H2,1-11H3/t47-,48-,49-,50-,51-,52-,53-,54-/m1/s1. The molecule has 9 nitrogen and oxygen atoms in total. The lowest BCUT2D eigenvalue weighted by Gasteiger charge is -2.28. The Balaban J connectivity index is 1.81. The first-order valence-corrected chi connectivity index (χ1v) is 38.6. The largest absolute Gasteiger partial charge is 0.381 e. The number of hydrogen-bond acceptors (Lipinski definition) is 9. The van der Waals surface area contributed by atoms with E-state index in [9.17, 15) is 5.11 Å². The predicted octanol–water partition coefficient (Wildman–Crippen LogP) is 14.4. The highest BCUT2D eigenvalue weighted by molar-refractivity contribution is 6.76. The maximum atomic E-state index is 9.59. The van der Waals surface area contributed by atoms with Gasteiger partial charge in [-0.05, 0) is 70.0 Å². The monoisotopic (exact) mass is 985 g/mol. The van der Waals surface area contributed by atoms with E-state index in [1.54, 1.807) is 6.92 Å². The minimum absolute atomic E-state index is 0.0524. The summed E-state index contributed by atoms with van der Waals surface area (Å²) in [5.74, 6) is 5.99. The van der Waals surface area contributed by atoms with Gasteiger partial charge < -0.3 is 43.0 Å². The zero-order valence-electron chi connectivity index (χ0n) is 45.2. The van der Waals surface area contributed by atoms with Crippen LogP contribution in [0.4, 0.5) is 0 Å². The van der Waals surface area contributed by atoms with Crippen molar-refractivity contribution in [3.8, 4) is 11.8 Å². The van der Waals surface area contributed by atoms with Crippen molar-refractivity contribution >= 4 is 24.2 Å². The van der Waals surface area contributed by atoms with Gasteiger partial charge in [-0.15, -0.1) is 0 Å². The quantitative estimate of drug-likeness (QED) is 0.0278. The Morgan fingerprint density at radius 2 is 0.864 bits per heavy atom. The lowest BCUT2D eigenvalue weighted by molar-refractivity contribution is -0.162. The summed E-state index contributed by atoms with van der Waals surface area (Å²) in [6, 6.07) is 3.46. The van der Waals surface area contributed by atoms with Crippen LogP contribution in [-0.4, -0.2) is 118 Å². The van der Waals surface area contributed by atoms with Crippen molar-refractivity contribution in [1.82, 2.24) is 0 Å². The Bertz CT molecular complexity index is 1210. The fraction of sp³-hybridized carbons (Fsp3) is 0.963. The molecular formula is C54H108O9Si3. The summed E-state index contributed by atoms with van der Waals surface area (Å²) in [5.41, 5.74) is 0. The van der Waals surface area contributed by atoms with Crippen molar-refractivity contribution in [3.05, 3.63) is 0 Å². The molecule has 2 heterocycles. The molecule has 0 aromatic heterocycles. The third-order valence-electron chi connectivity index (χ3n) is 13.3. The average Bonchev–Trinajstić information content (AvgIpc) is 3.93. The molecule has 2 rings (SSSR count). The molecule has 0 aromatic carbocycles. The molecule has 0 amide bonds. The zero-order valence-corrected chi connectivity index (χ0v) is 48.2. The van der Waals surface area contributed by atoms with Crippen molar-refractivity contribution in [3.63, 3.8) is 0 Å². The van der Waals surface area contributed by atoms with Gasteiger partial charge >= 0.3 is 0 Å². The van der Waals surface area contributed by atoms with Gasteiger partial charge in [0.25, 0.3) is 0 Å². The van der Waals surface area contributed by atoms with Crippen molar-refractivity contribution < 1.29 is 43.0 Å². The van der Waals surface area contributed by atoms with Gasteiger partial charge in [-0.2, -0.15) is 0 Å². The van der Waals surface area contributed by atoms with Crippen molar-refractivity contribution in [2.75, 3.05) is 40.2 Å². The molecule has 66 heavy (non-hydrogen) atoms. The molecule has 2 aliphatic rings. The second-order valence-electron chi connectivity index (χ2n) is 23.7. The van der Waals surface area contributed by atoms with Gasteiger partial charge in [0.1, 0.15) is 26.5 Å². The minimum Gasteiger partial charge on any atom is -0.381 e. The van der Waals surface area contributed by atoms with Crippen LogP contribution in [0.5, 0.6) is 0 Å². The highest BCUT2D eigenvalue weighted by Crippen LogP contribution is 2.36. The highest BCUT2D eigenvalue weighted by atomic mass is 28.3. The molecule has 0 radical (unpaired) electrons. The number of unbranched alkanes of at least 4 members (excludes halogenated alkanes) is 14. The van der Waals surface area contributed by atoms with Gasteiger partial charge in [0, 0.05) is 50.5 Å². The van der Waals surface area contributed by atoms with Gasteiger partial charge in [0.15, 0.2) is 0 Å². The zero-order chi connectivity index (χ0) is 48.5. The van der Waals surface area contributed by atoms with Crippen LogP contribution in [0.2, 0.25) is 77.1 Å². The van der Waals surface area contributed by atoms with Crippen LogP contribution in [0.3, 0.4) is 0 Å². The van der Waals surface area contributed by atoms with E-state index in [-0.39, 0.29) is 42.7 Å². The molecule has 0 aromatic rings. The number of hydrogen-bond donors (Lipinski definition) is 1. The third kappa shape index (κ3) is 34.2. The van der Waals surface area contributed by atoms with E-state index in [4.69, 9.17) is 37.9 Å². The van der Waals surface area contributed by atoms with Gasteiger partial charge in [-0.3, -0.25) is 0 Å². The fourth-order valence-corrected chi connectivity index (χ4v) is 11.0. The number of ether oxygens (including phenoxy) is 8. The molecule has 1 N–H and O–H groups in total. The Labute approximate surface area is 411 Å². The normalized spacial score (nSPS) is 21.2. The smallest absolute Gasteiger partial charge is 0.147 e.